The van der Waals surface area contributed by atoms with Crippen LogP contribution in [0.3, 0.4) is 0 Å². The Hall–Kier alpha value is -2.49. The van der Waals surface area contributed by atoms with Crippen LogP contribution in [0, 0.1) is 13.8 Å². The number of aryl methyl sites for hydroxylation is 1. The zero-order valence-electron chi connectivity index (χ0n) is 10.8. The van der Waals surface area contributed by atoms with Crippen LogP contribution in [-0.2, 0) is 0 Å². The molecule has 4 heteroatoms. The van der Waals surface area contributed by atoms with Gasteiger partial charge >= 0.3 is 0 Å². The number of para-hydroxylation sites is 1. The average molecular weight is 251 g/mol. The largest absolute Gasteiger partial charge is 0.306 e. The summed E-state index contributed by atoms with van der Waals surface area (Å²) in [6.45, 7) is 3.62. The number of hydrogen-bond donors (Lipinski definition) is 1. The molecule has 0 saturated heterocycles. The van der Waals surface area contributed by atoms with Crippen molar-refractivity contribution in [3.05, 3.63) is 58.1 Å². The Labute approximate surface area is 110 Å². The molecule has 3 rings (SSSR count). The van der Waals surface area contributed by atoms with Gasteiger partial charge in [0.1, 0.15) is 5.82 Å². The zero-order valence-corrected chi connectivity index (χ0v) is 10.8. The van der Waals surface area contributed by atoms with Crippen LogP contribution in [0.15, 0.2) is 41.3 Å². The number of aromatic nitrogens is 3. The Morgan fingerprint density at radius 1 is 1.11 bits per heavy atom. The summed E-state index contributed by atoms with van der Waals surface area (Å²) in [5.41, 5.74) is 3.09. The Morgan fingerprint density at radius 3 is 2.68 bits per heavy atom. The standard InChI is InChI=1S/C15H13N3O/c1-9-10(2)17-14(18-15(9)19)12-7-8-16-13-6-4-3-5-11(12)13/h3-8H,1-2H3,(H,17,18,19). The molecule has 0 amide bonds. The number of fused-ring (bicyclic) bond motifs is 1. The molecule has 0 unspecified atom stereocenters. The molecule has 0 bridgehead atoms. The zero-order chi connectivity index (χ0) is 13.4. The summed E-state index contributed by atoms with van der Waals surface area (Å²) in [6.07, 6.45) is 1.73. The molecule has 2 aromatic heterocycles. The topological polar surface area (TPSA) is 58.6 Å². The molecular formula is C15H13N3O. The molecule has 1 N–H and O–H groups in total. The minimum absolute atomic E-state index is 0.0941. The van der Waals surface area contributed by atoms with Gasteiger partial charge in [-0.05, 0) is 26.0 Å². The van der Waals surface area contributed by atoms with Crippen molar-refractivity contribution in [2.75, 3.05) is 0 Å². The summed E-state index contributed by atoms with van der Waals surface area (Å²) in [7, 11) is 0. The first-order chi connectivity index (χ1) is 9.16. The molecule has 0 spiro atoms. The van der Waals surface area contributed by atoms with E-state index in [0.29, 0.717) is 11.4 Å². The number of hydrogen-bond acceptors (Lipinski definition) is 3. The van der Waals surface area contributed by atoms with E-state index in [1.54, 1.807) is 13.1 Å². The van der Waals surface area contributed by atoms with Gasteiger partial charge < -0.3 is 4.98 Å². The molecule has 0 aliphatic rings. The number of H-pyrrole nitrogens is 1. The van der Waals surface area contributed by atoms with E-state index in [4.69, 9.17) is 0 Å². The van der Waals surface area contributed by atoms with Gasteiger partial charge in [0, 0.05) is 28.4 Å². The van der Waals surface area contributed by atoms with Crippen molar-refractivity contribution in [3.8, 4) is 11.4 Å². The van der Waals surface area contributed by atoms with E-state index in [1.807, 2.05) is 37.3 Å². The lowest BCUT2D eigenvalue weighted by atomic mass is 10.1. The van der Waals surface area contributed by atoms with E-state index in [9.17, 15) is 4.79 Å². The van der Waals surface area contributed by atoms with Gasteiger partial charge in [-0.2, -0.15) is 0 Å². The van der Waals surface area contributed by atoms with Crippen LogP contribution in [0.1, 0.15) is 11.3 Å². The maximum Gasteiger partial charge on any atom is 0.254 e. The number of nitrogens with one attached hydrogen (secondary N) is 1. The number of pyridine rings is 1. The monoisotopic (exact) mass is 251 g/mol. The predicted molar refractivity (Wildman–Crippen MR) is 75.1 cm³/mol. The van der Waals surface area contributed by atoms with Crippen molar-refractivity contribution in [1.82, 2.24) is 15.0 Å². The molecule has 0 radical (unpaired) electrons. The van der Waals surface area contributed by atoms with Crippen LogP contribution < -0.4 is 5.56 Å². The predicted octanol–water partition coefficient (Wildman–Crippen LogP) is 2.60. The summed E-state index contributed by atoms with van der Waals surface area (Å²) >= 11 is 0. The molecule has 0 fully saturated rings. The molecule has 2 heterocycles. The third-order valence-corrected chi connectivity index (χ3v) is 3.30. The lowest BCUT2D eigenvalue weighted by Gasteiger charge is -2.07. The summed E-state index contributed by atoms with van der Waals surface area (Å²) in [4.78, 5) is 23.5. The molecular weight excluding hydrogens is 238 g/mol. The molecule has 0 saturated carbocycles. The summed E-state index contributed by atoms with van der Waals surface area (Å²) < 4.78 is 0. The van der Waals surface area contributed by atoms with Gasteiger partial charge in [0.25, 0.3) is 5.56 Å². The van der Waals surface area contributed by atoms with Gasteiger partial charge in [-0.15, -0.1) is 0 Å². The van der Waals surface area contributed by atoms with Crippen molar-refractivity contribution in [3.63, 3.8) is 0 Å². The van der Waals surface area contributed by atoms with E-state index in [1.165, 1.54) is 0 Å². The fraction of sp³-hybridized carbons (Fsp3) is 0.133. The highest BCUT2D eigenvalue weighted by Gasteiger charge is 2.09. The second kappa shape index (κ2) is 4.31. The van der Waals surface area contributed by atoms with Gasteiger partial charge in [-0.1, -0.05) is 18.2 Å². The van der Waals surface area contributed by atoms with Crippen molar-refractivity contribution < 1.29 is 0 Å². The highest BCUT2D eigenvalue weighted by atomic mass is 16.1. The van der Waals surface area contributed by atoms with Crippen LogP contribution in [0.4, 0.5) is 0 Å². The fourth-order valence-corrected chi connectivity index (χ4v) is 2.08. The minimum atomic E-state index is -0.0941. The van der Waals surface area contributed by atoms with Crippen LogP contribution >= 0.6 is 0 Å². The third-order valence-electron chi connectivity index (χ3n) is 3.30. The Balaban J connectivity index is 2.34. The van der Waals surface area contributed by atoms with Gasteiger partial charge in [0.2, 0.25) is 0 Å². The molecule has 19 heavy (non-hydrogen) atoms. The Morgan fingerprint density at radius 2 is 1.89 bits per heavy atom. The Bertz CT molecular complexity index is 816. The summed E-state index contributed by atoms with van der Waals surface area (Å²) in [5.74, 6) is 0.590. The summed E-state index contributed by atoms with van der Waals surface area (Å²) in [6, 6.07) is 9.68. The van der Waals surface area contributed by atoms with Gasteiger partial charge in [-0.3, -0.25) is 9.78 Å². The second-order valence-electron chi connectivity index (χ2n) is 4.50. The third kappa shape index (κ3) is 1.91. The van der Waals surface area contributed by atoms with Crippen molar-refractivity contribution in [2.24, 2.45) is 0 Å². The number of aromatic amines is 1. The highest BCUT2D eigenvalue weighted by Crippen LogP contribution is 2.24. The van der Waals surface area contributed by atoms with E-state index < -0.39 is 0 Å². The molecule has 3 aromatic rings. The Kier molecular flexibility index (Phi) is 2.63. The van der Waals surface area contributed by atoms with Crippen LogP contribution in [0.25, 0.3) is 22.3 Å². The number of rotatable bonds is 1. The van der Waals surface area contributed by atoms with Crippen LogP contribution in [0.2, 0.25) is 0 Å². The maximum atomic E-state index is 11.9. The minimum Gasteiger partial charge on any atom is -0.306 e. The van der Waals surface area contributed by atoms with Gasteiger partial charge in [0.15, 0.2) is 0 Å². The molecule has 4 nitrogen and oxygen atoms in total. The quantitative estimate of drug-likeness (QED) is 0.723. The van der Waals surface area contributed by atoms with E-state index >= 15 is 0 Å². The first-order valence-corrected chi connectivity index (χ1v) is 6.08. The van der Waals surface area contributed by atoms with Crippen LogP contribution in [-0.4, -0.2) is 15.0 Å². The van der Waals surface area contributed by atoms with E-state index in [-0.39, 0.29) is 5.56 Å². The lowest BCUT2D eigenvalue weighted by Crippen LogP contribution is -2.14. The second-order valence-corrected chi connectivity index (χ2v) is 4.50. The summed E-state index contributed by atoms with van der Waals surface area (Å²) in [5, 5.41) is 0.983. The SMILES string of the molecule is Cc1nc(-c2ccnc3ccccc23)[nH]c(=O)c1C. The molecule has 0 aliphatic carbocycles. The van der Waals surface area contributed by atoms with Gasteiger partial charge in [0.05, 0.1) is 5.52 Å². The van der Waals surface area contributed by atoms with E-state index in [2.05, 4.69) is 15.0 Å². The molecule has 94 valence electrons. The number of benzene rings is 1. The van der Waals surface area contributed by atoms with E-state index in [0.717, 1.165) is 22.2 Å². The maximum absolute atomic E-state index is 11.9. The van der Waals surface area contributed by atoms with Crippen LogP contribution in [0.5, 0.6) is 0 Å². The first-order valence-electron chi connectivity index (χ1n) is 6.08. The lowest BCUT2D eigenvalue weighted by molar-refractivity contribution is 1.03. The smallest absolute Gasteiger partial charge is 0.254 e. The molecule has 0 aliphatic heterocycles. The van der Waals surface area contributed by atoms with Crippen molar-refractivity contribution >= 4 is 10.9 Å². The van der Waals surface area contributed by atoms with Crippen molar-refractivity contribution in [2.45, 2.75) is 13.8 Å². The highest BCUT2D eigenvalue weighted by molar-refractivity contribution is 5.92. The average Bonchev–Trinajstić information content (AvgIpc) is 2.43. The number of nitrogens with zero attached hydrogens (tertiary/aromatic N) is 2. The first kappa shape index (κ1) is 11.6. The molecule has 0 atom stereocenters. The molecule has 1 aromatic carbocycles. The van der Waals surface area contributed by atoms with Crippen molar-refractivity contribution in [1.29, 1.82) is 0 Å². The van der Waals surface area contributed by atoms with Gasteiger partial charge in [-0.25, -0.2) is 4.98 Å². The normalized spacial score (nSPS) is 10.8. The fourth-order valence-electron chi connectivity index (χ4n) is 2.08.